The van der Waals surface area contributed by atoms with Crippen LogP contribution < -0.4 is 20.1 Å². The number of amides is 1. The molecule has 0 bridgehead atoms. The van der Waals surface area contributed by atoms with Crippen LogP contribution in [0.5, 0.6) is 11.5 Å². The quantitative estimate of drug-likeness (QED) is 0.802. The van der Waals surface area contributed by atoms with Crippen LogP contribution in [0, 0.1) is 0 Å². The first-order valence-electron chi connectivity index (χ1n) is 8.99. The van der Waals surface area contributed by atoms with Crippen molar-refractivity contribution in [2.24, 2.45) is 0 Å². The highest BCUT2D eigenvalue weighted by molar-refractivity contribution is 6.03. The van der Waals surface area contributed by atoms with E-state index >= 15 is 0 Å². The van der Waals surface area contributed by atoms with Crippen LogP contribution in [0.2, 0.25) is 0 Å². The fraction of sp³-hybridized carbons (Fsp3) is 0.368. The van der Waals surface area contributed by atoms with E-state index in [4.69, 9.17) is 14.2 Å². The number of fused-ring (bicyclic) bond motifs is 1. The molecule has 1 saturated heterocycles. The van der Waals surface area contributed by atoms with E-state index < -0.39 is 0 Å². The summed E-state index contributed by atoms with van der Waals surface area (Å²) in [6.45, 7) is 5.52. The Morgan fingerprint density at radius 3 is 2.70 bits per heavy atom. The largest absolute Gasteiger partial charge is 0.454 e. The summed E-state index contributed by atoms with van der Waals surface area (Å²) < 4.78 is 15.9. The molecule has 8 nitrogen and oxygen atoms in total. The van der Waals surface area contributed by atoms with Gasteiger partial charge in [0.2, 0.25) is 6.79 Å². The van der Waals surface area contributed by atoms with Crippen LogP contribution in [-0.2, 0) is 4.74 Å². The number of benzene rings is 1. The third kappa shape index (κ3) is 4.47. The highest BCUT2D eigenvalue weighted by Crippen LogP contribution is 2.34. The standard InChI is InChI=1S/C19H22N4O4/c24-19(22-14-2-4-17-18(11-14)27-13-26-17)16-3-1-15(12-21-16)20-5-6-23-7-9-25-10-8-23/h1-4,11-12,20H,5-10,13H2,(H,22,24). The number of carbonyl (C=O) groups is 1. The average Bonchev–Trinajstić information content (AvgIpc) is 3.17. The van der Waals surface area contributed by atoms with Crippen LogP contribution in [-0.4, -0.2) is 62.0 Å². The Morgan fingerprint density at radius 2 is 1.89 bits per heavy atom. The number of anilines is 2. The van der Waals surface area contributed by atoms with Crippen LogP contribution in [0.3, 0.4) is 0 Å². The van der Waals surface area contributed by atoms with Crippen molar-refractivity contribution in [1.82, 2.24) is 9.88 Å². The molecule has 1 amide bonds. The van der Waals surface area contributed by atoms with Crippen molar-refractivity contribution < 1.29 is 19.0 Å². The fourth-order valence-electron chi connectivity index (χ4n) is 2.99. The lowest BCUT2D eigenvalue weighted by atomic mass is 10.2. The molecule has 2 N–H and O–H groups in total. The Balaban J connectivity index is 1.28. The monoisotopic (exact) mass is 370 g/mol. The lowest BCUT2D eigenvalue weighted by Crippen LogP contribution is -2.39. The number of hydrogen-bond acceptors (Lipinski definition) is 7. The number of nitrogens with one attached hydrogen (secondary N) is 2. The van der Waals surface area contributed by atoms with Gasteiger partial charge in [-0.15, -0.1) is 0 Å². The highest BCUT2D eigenvalue weighted by atomic mass is 16.7. The first-order valence-corrected chi connectivity index (χ1v) is 8.99. The Morgan fingerprint density at radius 1 is 1.07 bits per heavy atom. The average molecular weight is 370 g/mol. The van der Waals surface area contributed by atoms with Crippen molar-refractivity contribution in [1.29, 1.82) is 0 Å². The molecule has 8 heteroatoms. The Kier molecular flexibility index (Phi) is 5.36. The van der Waals surface area contributed by atoms with Crippen molar-refractivity contribution >= 4 is 17.3 Å². The molecule has 2 aromatic rings. The van der Waals surface area contributed by atoms with Crippen molar-refractivity contribution in [2.45, 2.75) is 0 Å². The van der Waals surface area contributed by atoms with Gasteiger partial charge in [0.1, 0.15) is 5.69 Å². The SMILES string of the molecule is O=C(Nc1ccc2c(c1)OCO2)c1ccc(NCCN2CCOCC2)cn1. The van der Waals surface area contributed by atoms with Crippen LogP contribution >= 0.6 is 0 Å². The summed E-state index contributed by atoms with van der Waals surface area (Å²) in [4.78, 5) is 19.0. The molecule has 1 fully saturated rings. The predicted molar refractivity (Wildman–Crippen MR) is 101 cm³/mol. The van der Waals surface area contributed by atoms with Crippen molar-refractivity contribution in [3.05, 3.63) is 42.2 Å². The lowest BCUT2D eigenvalue weighted by Gasteiger charge is -2.26. The highest BCUT2D eigenvalue weighted by Gasteiger charge is 2.15. The van der Waals surface area contributed by atoms with E-state index in [1.165, 1.54) is 0 Å². The van der Waals surface area contributed by atoms with Gasteiger partial charge in [0.15, 0.2) is 11.5 Å². The number of ether oxygens (including phenoxy) is 3. The van der Waals surface area contributed by atoms with E-state index in [1.807, 2.05) is 6.07 Å². The molecular weight excluding hydrogens is 348 g/mol. The number of hydrogen-bond donors (Lipinski definition) is 2. The molecule has 2 aliphatic heterocycles. The number of morpholine rings is 1. The predicted octanol–water partition coefficient (Wildman–Crippen LogP) is 1.81. The molecule has 4 rings (SSSR count). The van der Waals surface area contributed by atoms with Gasteiger partial charge in [-0.25, -0.2) is 4.98 Å². The van der Waals surface area contributed by atoms with Crippen LogP contribution in [0.15, 0.2) is 36.5 Å². The van der Waals surface area contributed by atoms with Gasteiger partial charge < -0.3 is 24.8 Å². The summed E-state index contributed by atoms with van der Waals surface area (Å²) in [6.07, 6.45) is 1.67. The molecule has 0 spiro atoms. The minimum Gasteiger partial charge on any atom is -0.454 e. The third-order valence-corrected chi connectivity index (χ3v) is 4.49. The van der Waals surface area contributed by atoms with E-state index in [2.05, 4.69) is 20.5 Å². The zero-order valence-corrected chi connectivity index (χ0v) is 14.9. The lowest BCUT2D eigenvalue weighted by molar-refractivity contribution is 0.0398. The van der Waals surface area contributed by atoms with E-state index in [9.17, 15) is 4.79 Å². The summed E-state index contributed by atoms with van der Waals surface area (Å²) in [5.41, 5.74) is 1.88. The van der Waals surface area contributed by atoms with Crippen LogP contribution in [0.25, 0.3) is 0 Å². The second kappa shape index (κ2) is 8.24. The number of aromatic nitrogens is 1. The molecule has 0 saturated carbocycles. The van der Waals surface area contributed by atoms with Gasteiger partial charge in [-0.2, -0.15) is 0 Å². The second-order valence-electron chi connectivity index (χ2n) is 6.34. The topological polar surface area (TPSA) is 85.0 Å². The fourth-order valence-corrected chi connectivity index (χ4v) is 2.99. The number of pyridine rings is 1. The Hall–Kier alpha value is -2.84. The molecule has 3 heterocycles. The molecule has 0 atom stereocenters. The molecule has 0 aliphatic carbocycles. The molecule has 0 radical (unpaired) electrons. The normalized spacial score (nSPS) is 16.1. The first-order chi connectivity index (χ1) is 13.3. The second-order valence-corrected chi connectivity index (χ2v) is 6.34. The Bertz CT molecular complexity index is 791. The molecule has 27 heavy (non-hydrogen) atoms. The zero-order valence-electron chi connectivity index (χ0n) is 14.9. The zero-order chi connectivity index (χ0) is 18.5. The van der Waals surface area contributed by atoms with Gasteiger partial charge in [0.05, 0.1) is 25.1 Å². The van der Waals surface area contributed by atoms with Gasteiger partial charge in [0.25, 0.3) is 5.91 Å². The smallest absolute Gasteiger partial charge is 0.274 e. The first kappa shape index (κ1) is 17.6. The maximum absolute atomic E-state index is 12.4. The van der Waals surface area contributed by atoms with E-state index in [-0.39, 0.29) is 12.7 Å². The van der Waals surface area contributed by atoms with Gasteiger partial charge >= 0.3 is 0 Å². The summed E-state index contributed by atoms with van der Waals surface area (Å²) in [5, 5.41) is 6.15. The molecule has 142 valence electrons. The maximum Gasteiger partial charge on any atom is 0.274 e. The van der Waals surface area contributed by atoms with E-state index in [0.29, 0.717) is 22.9 Å². The van der Waals surface area contributed by atoms with Gasteiger partial charge in [-0.3, -0.25) is 9.69 Å². The molecular formula is C19H22N4O4. The number of carbonyl (C=O) groups excluding carboxylic acids is 1. The van der Waals surface area contributed by atoms with Crippen molar-refractivity contribution in [2.75, 3.05) is 56.8 Å². The maximum atomic E-state index is 12.4. The summed E-state index contributed by atoms with van der Waals surface area (Å²) >= 11 is 0. The summed E-state index contributed by atoms with van der Waals surface area (Å²) in [7, 11) is 0. The molecule has 1 aromatic carbocycles. The Labute approximate surface area is 157 Å². The van der Waals surface area contributed by atoms with Crippen LogP contribution in [0.1, 0.15) is 10.5 Å². The van der Waals surface area contributed by atoms with Crippen LogP contribution in [0.4, 0.5) is 11.4 Å². The van der Waals surface area contributed by atoms with Gasteiger partial charge in [-0.1, -0.05) is 0 Å². The van der Waals surface area contributed by atoms with Crippen molar-refractivity contribution in [3.8, 4) is 11.5 Å². The number of nitrogens with zero attached hydrogens (tertiary/aromatic N) is 2. The van der Waals surface area contributed by atoms with Crippen molar-refractivity contribution in [3.63, 3.8) is 0 Å². The number of rotatable bonds is 6. The third-order valence-electron chi connectivity index (χ3n) is 4.49. The minimum absolute atomic E-state index is 0.203. The van der Waals surface area contributed by atoms with E-state index in [0.717, 1.165) is 45.1 Å². The molecule has 0 unspecified atom stereocenters. The molecule has 2 aliphatic rings. The van der Waals surface area contributed by atoms with Gasteiger partial charge in [0, 0.05) is 37.9 Å². The minimum atomic E-state index is -0.270. The summed E-state index contributed by atoms with van der Waals surface area (Å²) in [5.74, 6) is 1.04. The summed E-state index contributed by atoms with van der Waals surface area (Å²) in [6, 6.07) is 8.85. The molecule has 1 aromatic heterocycles. The van der Waals surface area contributed by atoms with Gasteiger partial charge in [-0.05, 0) is 24.3 Å². The van der Waals surface area contributed by atoms with E-state index in [1.54, 1.807) is 30.5 Å².